The Hall–Kier alpha value is -2.43. The third kappa shape index (κ3) is 4.78. The lowest BCUT2D eigenvalue weighted by molar-refractivity contribution is -0.123. The fraction of sp³-hybridized carbons (Fsp3) is 0.450. The first-order chi connectivity index (χ1) is 11.7. The Labute approximate surface area is 149 Å². The summed E-state index contributed by atoms with van der Waals surface area (Å²) in [4.78, 5) is 20.6. The number of nitrogens with zero attached hydrogens (tertiary/aromatic N) is 2. The summed E-state index contributed by atoms with van der Waals surface area (Å²) in [6.45, 7) is 12.7. The number of benzene rings is 1. The molecule has 2 rings (SSSR count). The Morgan fingerprint density at radius 1 is 1.16 bits per heavy atom. The highest BCUT2D eigenvalue weighted by Crippen LogP contribution is 2.25. The van der Waals surface area contributed by atoms with E-state index >= 15 is 0 Å². The molecule has 1 heterocycles. The highest BCUT2D eigenvalue weighted by Gasteiger charge is 2.20. The lowest BCUT2D eigenvalue weighted by Crippen LogP contribution is -2.30. The molecule has 0 aliphatic rings. The second-order valence-corrected chi connectivity index (χ2v) is 7.37. The van der Waals surface area contributed by atoms with Crippen LogP contribution in [0.15, 0.2) is 24.7 Å². The molecule has 1 amide bonds. The van der Waals surface area contributed by atoms with E-state index in [1.807, 2.05) is 26.8 Å². The van der Waals surface area contributed by atoms with Crippen LogP contribution < -0.4 is 10.1 Å². The van der Waals surface area contributed by atoms with Gasteiger partial charge >= 0.3 is 0 Å². The molecule has 0 unspecified atom stereocenters. The van der Waals surface area contributed by atoms with Gasteiger partial charge in [0, 0.05) is 23.7 Å². The third-order valence-electron chi connectivity index (χ3n) is 4.20. The minimum absolute atomic E-state index is 0.0102. The van der Waals surface area contributed by atoms with E-state index in [0.29, 0.717) is 6.54 Å². The Kier molecular flexibility index (Phi) is 5.77. The lowest BCUT2D eigenvalue weighted by atomic mass is 9.89. The highest BCUT2D eigenvalue weighted by atomic mass is 16.5. The largest absolute Gasteiger partial charge is 0.483 e. The number of ether oxygens (including phenoxy) is 1. The minimum Gasteiger partial charge on any atom is -0.483 e. The topological polar surface area (TPSA) is 64.1 Å². The summed E-state index contributed by atoms with van der Waals surface area (Å²) in [5.74, 6) is 0.623. The molecular formula is C20H27N3O2. The van der Waals surface area contributed by atoms with Gasteiger partial charge in [-0.05, 0) is 37.5 Å². The average molecular weight is 341 g/mol. The zero-order valence-electron chi connectivity index (χ0n) is 15.9. The van der Waals surface area contributed by atoms with E-state index in [-0.39, 0.29) is 17.9 Å². The van der Waals surface area contributed by atoms with Crippen LogP contribution in [0.1, 0.15) is 48.7 Å². The van der Waals surface area contributed by atoms with Crippen LogP contribution in [-0.2, 0) is 16.8 Å². The fourth-order valence-electron chi connectivity index (χ4n) is 2.69. The van der Waals surface area contributed by atoms with Crippen molar-refractivity contribution < 1.29 is 9.53 Å². The molecule has 25 heavy (non-hydrogen) atoms. The number of aryl methyl sites for hydroxylation is 2. The van der Waals surface area contributed by atoms with Gasteiger partial charge in [-0.1, -0.05) is 32.9 Å². The van der Waals surface area contributed by atoms with E-state index < -0.39 is 0 Å². The molecule has 0 aliphatic carbocycles. The number of amides is 1. The first kappa shape index (κ1) is 18.9. The van der Waals surface area contributed by atoms with E-state index in [1.54, 1.807) is 6.20 Å². The van der Waals surface area contributed by atoms with Crippen LogP contribution in [0.3, 0.4) is 0 Å². The van der Waals surface area contributed by atoms with E-state index in [4.69, 9.17) is 4.74 Å². The molecular weight excluding hydrogens is 314 g/mol. The summed E-state index contributed by atoms with van der Waals surface area (Å²) in [6.07, 6.45) is 3.29. The summed E-state index contributed by atoms with van der Waals surface area (Å²) in [6, 6.07) is 4.06. The van der Waals surface area contributed by atoms with Crippen LogP contribution in [0.5, 0.6) is 5.75 Å². The first-order valence-electron chi connectivity index (χ1n) is 8.46. The second kappa shape index (κ2) is 7.64. The fourth-order valence-corrected chi connectivity index (χ4v) is 2.69. The molecule has 5 nitrogen and oxygen atoms in total. The van der Waals surface area contributed by atoms with E-state index in [2.05, 4.69) is 42.1 Å². The predicted octanol–water partition coefficient (Wildman–Crippen LogP) is 3.39. The molecule has 134 valence electrons. The SMILES string of the molecule is Cc1ccc(C)c(OCC(=O)NCc2cncnc2C(C)(C)C)c1C. The molecule has 0 saturated heterocycles. The Morgan fingerprint density at radius 2 is 1.84 bits per heavy atom. The van der Waals surface area contributed by atoms with Crippen molar-refractivity contribution in [3.05, 3.63) is 52.6 Å². The van der Waals surface area contributed by atoms with Crippen LogP contribution in [0.2, 0.25) is 0 Å². The molecule has 0 fully saturated rings. The zero-order valence-corrected chi connectivity index (χ0v) is 15.9. The van der Waals surface area contributed by atoms with Gasteiger partial charge in [-0.3, -0.25) is 4.79 Å². The van der Waals surface area contributed by atoms with Crippen molar-refractivity contribution in [3.63, 3.8) is 0 Å². The van der Waals surface area contributed by atoms with Crippen LogP contribution in [0.25, 0.3) is 0 Å². The summed E-state index contributed by atoms with van der Waals surface area (Å²) < 4.78 is 5.75. The van der Waals surface area contributed by atoms with Crippen molar-refractivity contribution in [2.24, 2.45) is 0 Å². The quantitative estimate of drug-likeness (QED) is 0.905. The van der Waals surface area contributed by atoms with Crippen molar-refractivity contribution in [3.8, 4) is 5.75 Å². The number of aromatic nitrogens is 2. The van der Waals surface area contributed by atoms with Crippen molar-refractivity contribution in [1.29, 1.82) is 0 Å². The maximum absolute atomic E-state index is 12.2. The van der Waals surface area contributed by atoms with Crippen molar-refractivity contribution in [2.45, 2.75) is 53.5 Å². The minimum atomic E-state index is -0.163. The number of hydrogen-bond donors (Lipinski definition) is 1. The molecule has 1 N–H and O–H groups in total. The lowest BCUT2D eigenvalue weighted by Gasteiger charge is -2.21. The van der Waals surface area contributed by atoms with Gasteiger partial charge in [-0.2, -0.15) is 0 Å². The smallest absolute Gasteiger partial charge is 0.258 e. The summed E-state index contributed by atoms with van der Waals surface area (Å²) in [5, 5.41) is 2.89. The maximum Gasteiger partial charge on any atom is 0.258 e. The van der Waals surface area contributed by atoms with E-state index in [0.717, 1.165) is 33.7 Å². The Balaban J connectivity index is 1.98. The Bertz CT molecular complexity index is 764. The molecule has 0 aliphatic heterocycles. The van der Waals surface area contributed by atoms with Gasteiger partial charge in [0.05, 0.1) is 5.69 Å². The van der Waals surface area contributed by atoms with Crippen molar-refractivity contribution >= 4 is 5.91 Å². The molecule has 1 aromatic carbocycles. The second-order valence-electron chi connectivity index (χ2n) is 7.37. The summed E-state index contributed by atoms with van der Waals surface area (Å²) >= 11 is 0. The van der Waals surface area contributed by atoms with Gasteiger partial charge in [0.15, 0.2) is 6.61 Å². The molecule has 0 radical (unpaired) electrons. The average Bonchev–Trinajstić information content (AvgIpc) is 2.56. The summed E-state index contributed by atoms with van der Waals surface area (Å²) in [5.41, 5.74) is 5.01. The van der Waals surface area contributed by atoms with Crippen LogP contribution in [0, 0.1) is 20.8 Å². The monoisotopic (exact) mass is 341 g/mol. The molecule has 0 spiro atoms. The molecule has 0 atom stereocenters. The summed E-state index contributed by atoms with van der Waals surface area (Å²) in [7, 11) is 0. The number of nitrogens with one attached hydrogen (secondary N) is 1. The number of carbonyl (C=O) groups excluding carboxylic acids is 1. The molecule has 5 heteroatoms. The number of carbonyl (C=O) groups is 1. The highest BCUT2D eigenvalue weighted by molar-refractivity contribution is 5.77. The third-order valence-corrected chi connectivity index (χ3v) is 4.20. The molecule has 0 saturated carbocycles. The molecule has 2 aromatic rings. The van der Waals surface area contributed by atoms with Gasteiger partial charge in [-0.25, -0.2) is 9.97 Å². The normalized spacial score (nSPS) is 11.3. The maximum atomic E-state index is 12.2. The van der Waals surface area contributed by atoms with Gasteiger partial charge < -0.3 is 10.1 Å². The zero-order chi connectivity index (χ0) is 18.6. The van der Waals surface area contributed by atoms with Crippen LogP contribution in [-0.4, -0.2) is 22.5 Å². The van der Waals surface area contributed by atoms with Crippen LogP contribution in [0.4, 0.5) is 0 Å². The van der Waals surface area contributed by atoms with Crippen molar-refractivity contribution in [2.75, 3.05) is 6.61 Å². The number of hydrogen-bond acceptors (Lipinski definition) is 4. The first-order valence-corrected chi connectivity index (χ1v) is 8.46. The molecule has 0 bridgehead atoms. The van der Waals surface area contributed by atoms with Gasteiger partial charge in [0.1, 0.15) is 12.1 Å². The number of rotatable bonds is 5. The van der Waals surface area contributed by atoms with E-state index in [9.17, 15) is 4.79 Å². The standard InChI is InChI=1S/C20H27N3O2/c1-13-7-8-14(2)18(15(13)3)25-11-17(24)22-10-16-9-21-12-23-19(16)20(4,5)6/h7-9,12H,10-11H2,1-6H3,(H,22,24). The predicted molar refractivity (Wildman–Crippen MR) is 98.7 cm³/mol. The van der Waals surface area contributed by atoms with Crippen LogP contribution >= 0.6 is 0 Å². The van der Waals surface area contributed by atoms with Gasteiger partial charge in [0.2, 0.25) is 0 Å². The van der Waals surface area contributed by atoms with E-state index in [1.165, 1.54) is 6.33 Å². The molecule has 1 aromatic heterocycles. The Morgan fingerprint density at radius 3 is 2.52 bits per heavy atom. The van der Waals surface area contributed by atoms with Crippen molar-refractivity contribution in [1.82, 2.24) is 15.3 Å². The van der Waals surface area contributed by atoms with Gasteiger partial charge in [-0.15, -0.1) is 0 Å². The van der Waals surface area contributed by atoms with Gasteiger partial charge in [0.25, 0.3) is 5.91 Å².